The van der Waals surface area contributed by atoms with E-state index in [9.17, 15) is 9.59 Å². The summed E-state index contributed by atoms with van der Waals surface area (Å²) in [6.07, 6.45) is 2.87. The minimum Gasteiger partial charge on any atom is -0.342 e. The zero-order valence-electron chi connectivity index (χ0n) is 15.1. The first-order valence-corrected chi connectivity index (χ1v) is 9.62. The molecule has 2 amide bonds. The highest BCUT2D eigenvalue weighted by atomic mass is 32.2. The van der Waals surface area contributed by atoms with Crippen molar-refractivity contribution in [2.45, 2.75) is 57.1 Å². The molecule has 1 aromatic rings. The molecule has 1 aliphatic rings. The lowest BCUT2D eigenvalue weighted by Gasteiger charge is -2.31. The second-order valence-electron chi connectivity index (χ2n) is 6.61. The zero-order chi connectivity index (χ0) is 17.7. The predicted molar refractivity (Wildman–Crippen MR) is 100 cm³/mol. The Morgan fingerprint density at radius 1 is 1.42 bits per heavy atom. The molecule has 0 spiro atoms. The average Bonchev–Trinajstić information content (AvgIpc) is 2.57. The molecule has 1 aliphatic heterocycles. The van der Waals surface area contributed by atoms with Crippen LogP contribution in [-0.4, -0.2) is 35.1 Å². The molecule has 132 valence electrons. The monoisotopic (exact) mass is 348 g/mol. The Balaban J connectivity index is 1.99. The normalized spacial score (nSPS) is 19.0. The standard InChI is InChI=1S/C19H28N2O2S/c1-5-14(3)24-17-8-9-18(13(2)11-17)20-19(23)16-7-6-10-21(12-16)15(4)22/h8-9,11,14,16H,5-7,10,12H2,1-4H3,(H,20,23)/t14-,16+/m1/s1. The molecule has 5 heteroatoms. The summed E-state index contributed by atoms with van der Waals surface area (Å²) in [5.41, 5.74) is 1.95. The molecule has 0 bridgehead atoms. The van der Waals surface area contributed by atoms with Gasteiger partial charge in [-0.2, -0.15) is 0 Å². The van der Waals surface area contributed by atoms with Crippen LogP contribution in [0, 0.1) is 12.8 Å². The number of thioether (sulfide) groups is 1. The van der Waals surface area contributed by atoms with Gasteiger partial charge in [0.05, 0.1) is 5.92 Å². The molecule has 0 radical (unpaired) electrons. The SMILES string of the molecule is CC[C@@H](C)Sc1ccc(NC(=O)[C@H]2CCCN(C(C)=O)C2)c(C)c1. The number of anilines is 1. The van der Waals surface area contributed by atoms with Gasteiger partial charge in [-0.3, -0.25) is 9.59 Å². The van der Waals surface area contributed by atoms with E-state index in [-0.39, 0.29) is 17.7 Å². The number of aryl methyl sites for hydroxylation is 1. The molecule has 2 rings (SSSR count). The van der Waals surface area contributed by atoms with E-state index in [2.05, 4.69) is 31.3 Å². The van der Waals surface area contributed by atoms with E-state index in [4.69, 9.17) is 0 Å². The van der Waals surface area contributed by atoms with Gasteiger partial charge in [0.2, 0.25) is 11.8 Å². The summed E-state index contributed by atoms with van der Waals surface area (Å²) in [5, 5.41) is 3.64. The molecule has 0 aliphatic carbocycles. The molecule has 4 nitrogen and oxygen atoms in total. The second kappa shape index (κ2) is 8.56. The zero-order valence-corrected chi connectivity index (χ0v) is 15.9. The number of likely N-dealkylation sites (tertiary alicyclic amines) is 1. The molecule has 1 saturated heterocycles. The van der Waals surface area contributed by atoms with E-state index < -0.39 is 0 Å². The van der Waals surface area contributed by atoms with Gasteiger partial charge in [-0.15, -0.1) is 11.8 Å². The van der Waals surface area contributed by atoms with Crippen molar-refractivity contribution in [1.82, 2.24) is 4.90 Å². The number of hydrogen-bond donors (Lipinski definition) is 1. The first-order chi connectivity index (χ1) is 11.4. The van der Waals surface area contributed by atoms with Crippen molar-refractivity contribution in [3.8, 4) is 0 Å². The van der Waals surface area contributed by atoms with Crippen molar-refractivity contribution < 1.29 is 9.59 Å². The van der Waals surface area contributed by atoms with Gasteiger partial charge in [0.25, 0.3) is 0 Å². The van der Waals surface area contributed by atoms with E-state index in [1.807, 2.05) is 24.8 Å². The van der Waals surface area contributed by atoms with Crippen molar-refractivity contribution in [1.29, 1.82) is 0 Å². The Morgan fingerprint density at radius 2 is 2.17 bits per heavy atom. The van der Waals surface area contributed by atoms with Crippen molar-refractivity contribution in [3.05, 3.63) is 23.8 Å². The van der Waals surface area contributed by atoms with Crippen LogP contribution in [0.25, 0.3) is 0 Å². The summed E-state index contributed by atoms with van der Waals surface area (Å²) < 4.78 is 0. The molecule has 1 N–H and O–H groups in total. The van der Waals surface area contributed by atoms with Gasteiger partial charge in [0.1, 0.15) is 0 Å². The van der Waals surface area contributed by atoms with E-state index >= 15 is 0 Å². The first kappa shape index (κ1) is 18.8. The topological polar surface area (TPSA) is 49.4 Å². The van der Waals surface area contributed by atoms with E-state index in [1.165, 1.54) is 4.90 Å². The quantitative estimate of drug-likeness (QED) is 0.816. The van der Waals surface area contributed by atoms with E-state index in [0.29, 0.717) is 11.8 Å². The molecule has 1 fully saturated rings. The molecule has 1 aromatic carbocycles. The number of benzene rings is 1. The molecule has 24 heavy (non-hydrogen) atoms. The fraction of sp³-hybridized carbons (Fsp3) is 0.579. The van der Waals surface area contributed by atoms with Crippen LogP contribution >= 0.6 is 11.8 Å². The molecule has 0 unspecified atom stereocenters. The van der Waals surface area contributed by atoms with E-state index in [0.717, 1.165) is 37.1 Å². The van der Waals surface area contributed by atoms with E-state index in [1.54, 1.807) is 11.8 Å². The fourth-order valence-corrected chi connectivity index (χ4v) is 3.90. The number of carbonyl (C=O) groups excluding carboxylic acids is 2. The highest BCUT2D eigenvalue weighted by molar-refractivity contribution is 7.99. The van der Waals surface area contributed by atoms with Gasteiger partial charge in [0, 0.05) is 35.8 Å². The Kier molecular flexibility index (Phi) is 6.72. The maximum atomic E-state index is 12.5. The summed E-state index contributed by atoms with van der Waals surface area (Å²) in [5.74, 6) is -0.0438. The Bertz CT molecular complexity index is 603. The summed E-state index contributed by atoms with van der Waals surface area (Å²) in [7, 11) is 0. The molecule has 0 aromatic heterocycles. The van der Waals surface area contributed by atoms with Gasteiger partial charge in [-0.25, -0.2) is 0 Å². The van der Waals surface area contributed by atoms with Crippen molar-refractivity contribution in [3.63, 3.8) is 0 Å². The second-order valence-corrected chi connectivity index (χ2v) is 8.12. The number of piperidine rings is 1. The van der Waals surface area contributed by atoms with Crippen LogP contribution in [0.3, 0.4) is 0 Å². The van der Waals surface area contributed by atoms with Gasteiger partial charge >= 0.3 is 0 Å². The van der Waals surface area contributed by atoms with Crippen molar-refractivity contribution >= 4 is 29.3 Å². The van der Waals surface area contributed by atoms with Gasteiger partial charge in [0.15, 0.2) is 0 Å². The van der Waals surface area contributed by atoms with Crippen LogP contribution in [0.1, 0.15) is 45.6 Å². The minimum absolute atomic E-state index is 0.0198. The maximum absolute atomic E-state index is 12.5. The Labute approximate surface area is 149 Å². The Morgan fingerprint density at radius 3 is 2.79 bits per heavy atom. The summed E-state index contributed by atoms with van der Waals surface area (Å²) >= 11 is 1.86. The summed E-state index contributed by atoms with van der Waals surface area (Å²) in [6, 6.07) is 6.20. The smallest absolute Gasteiger partial charge is 0.229 e. The third-order valence-corrected chi connectivity index (χ3v) is 5.87. The lowest BCUT2D eigenvalue weighted by molar-refractivity contribution is -0.132. The number of nitrogens with one attached hydrogen (secondary N) is 1. The average molecular weight is 349 g/mol. The highest BCUT2D eigenvalue weighted by Gasteiger charge is 2.27. The lowest BCUT2D eigenvalue weighted by Crippen LogP contribution is -2.42. The number of carbonyl (C=O) groups is 2. The molecular weight excluding hydrogens is 320 g/mol. The van der Waals surface area contributed by atoms with Crippen LogP contribution in [0.15, 0.2) is 23.1 Å². The van der Waals surface area contributed by atoms with Crippen molar-refractivity contribution in [2.75, 3.05) is 18.4 Å². The Hall–Kier alpha value is -1.49. The number of hydrogen-bond acceptors (Lipinski definition) is 3. The largest absolute Gasteiger partial charge is 0.342 e. The molecule has 1 heterocycles. The maximum Gasteiger partial charge on any atom is 0.229 e. The number of nitrogens with zero attached hydrogens (tertiary/aromatic N) is 1. The number of amides is 2. The van der Waals surface area contributed by atoms with Crippen LogP contribution in [-0.2, 0) is 9.59 Å². The van der Waals surface area contributed by atoms with Gasteiger partial charge < -0.3 is 10.2 Å². The molecular formula is C19H28N2O2S. The summed E-state index contributed by atoms with van der Waals surface area (Å²) in [4.78, 5) is 27.1. The third kappa shape index (κ3) is 5.00. The molecule has 2 atom stereocenters. The van der Waals surface area contributed by atoms with Gasteiger partial charge in [-0.1, -0.05) is 13.8 Å². The van der Waals surface area contributed by atoms with Gasteiger partial charge in [-0.05, 0) is 49.9 Å². The van der Waals surface area contributed by atoms with Crippen LogP contribution < -0.4 is 5.32 Å². The predicted octanol–water partition coefficient (Wildman–Crippen LogP) is 4.08. The van der Waals surface area contributed by atoms with Crippen LogP contribution in [0.2, 0.25) is 0 Å². The minimum atomic E-state index is -0.115. The number of rotatable bonds is 5. The summed E-state index contributed by atoms with van der Waals surface area (Å²) in [6.45, 7) is 9.30. The van der Waals surface area contributed by atoms with Crippen molar-refractivity contribution in [2.24, 2.45) is 5.92 Å². The van der Waals surface area contributed by atoms with Crippen LogP contribution in [0.4, 0.5) is 5.69 Å². The molecule has 0 saturated carbocycles. The lowest BCUT2D eigenvalue weighted by atomic mass is 9.97. The first-order valence-electron chi connectivity index (χ1n) is 8.74. The fourth-order valence-electron chi connectivity index (χ4n) is 2.88. The third-order valence-electron chi connectivity index (χ3n) is 4.61. The highest BCUT2D eigenvalue weighted by Crippen LogP contribution is 2.29. The van der Waals surface area contributed by atoms with Crippen LogP contribution in [0.5, 0.6) is 0 Å².